The van der Waals surface area contributed by atoms with Gasteiger partial charge in [-0.25, -0.2) is 0 Å². The highest BCUT2D eigenvalue weighted by molar-refractivity contribution is 5.98. The van der Waals surface area contributed by atoms with E-state index < -0.39 is 0 Å². The van der Waals surface area contributed by atoms with Crippen LogP contribution in [0.5, 0.6) is 0 Å². The first-order valence-corrected chi connectivity index (χ1v) is 11.4. The Morgan fingerprint density at radius 1 is 1.00 bits per heavy atom. The highest BCUT2D eigenvalue weighted by atomic mass is 16.5. The Kier molecular flexibility index (Phi) is 8.42. The highest BCUT2D eigenvalue weighted by Crippen LogP contribution is 2.24. The number of unbranched alkanes of at least 4 members (excludes halogenated alkanes) is 1. The quantitative estimate of drug-likeness (QED) is 0.290. The number of hydrogen-bond acceptors (Lipinski definition) is 4. The minimum absolute atomic E-state index is 0.0443. The van der Waals surface area contributed by atoms with Gasteiger partial charge in [0.2, 0.25) is 0 Å². The molecule has 6 heteroatoms. The summed E-state index contributed by atoms with van der Waals surface area (Å²) in [6.45, 7) is 3.93. The number of esters is 1. The van der Waals surface area contributed by atoms with Crippen LogP contribution < -0.4 is 5.73 Å². The van der Waals surface area contributed by atoms with Gasteiger partial charge >= 0.3 is 5.97 Å². The van der Waals surface area contributed by atoms with Gasteiger partial charge in [-0.05, 0) is 48.4 Å². The Balaban J connectivity index is 1.52. The molecule has 0 aromatic heterocycles. The fraction of sp³-hybridized carbons (Fsp3) is 0.423. The van der Waals surface area contributed by atoms with E-state index in [0.29, 0.717) is 43.4 Å². The zero-order valence-corrected chi connectivity index (χ0v) is 19.0. The monoisotopic (exact) mass is 435 g/mol. The fourth-order valence-corrected chi connectivity index (χ4v) is 3.92. The van der Waals surface area contributed by atoms with Crippen molar-refractivity contribution >= 4 is 17.7 Å². The molecule has 0 bridgehead atoms. The molecular weight excluding hydrogens is 402 g/mol. The van der Waals surface area contributed by atoms with Gasteiger partial charge in [0.05, 0.1) is 6.61 Å². The van der Waals surface area contributed by atoms with E-state index in [1.54, 1.807) is 7.05 Å². The Morgan fingerprint density at radius 2 is 1.56 bits per heavy atom. The van der Waals surface area contributed by atoms with E-state index in [-0.39, 0.29) is 11.9 Å². The molecule has 1 aliphatic rings. The van der Waals surface area contributed by atoms with Crippen LogP contribution in [0.4, 0.5) is 0 Å². The van der Waals surface area contributed by atoms with Crippen LogP contribution in [0.25, 0.3) is 11.1 Å². The normalized spacial score (nSPS) is 14.9. The topological polar surface area (TPSA) is 85.0 Å². The molecule has 170 valence electrons. The van der Waals surface area contributed by atoms with E-state index in [9.17, 15) is 9.59 Å². The maximum absolute atomic E-state index is 12.9. The molecule has 1 amide bonds. The third kappa shape index (κ3) is 6.19. The van der Waals surface area contributed by atoms with Gasteiger partial charge in [0.15, 0.2) is 0 Å². The zero-order chi connectivity index (χ0) is 22.9. The van der Waals surface area contributed by atoms with Gasteiger partial charge in [0.25, 0.3) is 5.91 Å². The Bertz CT molecular complexity index is 928. The molecule has 1 saturated heterocycles. The second-order valence-electron chi connectivity index (χ2n) is 8.28. The lowest BCUT2D eigenvalue weighted by atomic mass is 9.93. The average molecular weight is 436 g/mol. The molecule has 0 radical (unpaired) electrons. The van der Waals surface area contributed by atoms with Crippen LogP contribution in [-0.4, -0.2) is 49.4 Å². The van der Waals surface area contributed by atoms with E-state index in [0.717, 1.165) is 42.4 Å². The summed E-state index contributed by atoms with van der Waals surface area (Å²) in [5, 5.41) is 0. The number of ether oxygens (including phenoxy) is 1. The molecule has 32 heavy (non-hydrogen) atoms. The Morgan fingerprint density at radius 3 is 2.09 bits per heavy atom. The summed E-state index contributed by atoms with van der Waals surface area (Å²) in [5.74, 6) is 0.735. The number of amides is 1. The van der Waals surface area contributed by atoms with Crippen LogP contribution >= 0.6 is 0 Å². The van der Waals surface area contributed by atoms with Crippen molar-refractivity contribution in [1.82, 2.24) is 4.90 Å². The van der Waals surface area contributed by atoms with Crippen molar-refractivity contribution < 1.29 is 14.3 Å². The average Bonchev–Trinajstić information content (AvgIpc) is 2.84. The summed E-state index contributed by atoms with van der Waals surface area (Å²) in [4.78, 5) is 30.7. The third-order valence-electron chi connectivity index (χ3n) is 6.00. The Hall–Kier alpha value is -3.15. The van der Waals surface area contributed by atoms with Crippen LogP contribution in [0.1, 0.15) is 54.9 Å². The number of nitrogens with zero attached hydrogens (tertiary/aromatic N) is 2. The molecule has 2 N–H and O–H groups in total. The van der Waals surface area contributed by atoms with Crippen LogP contribution in [0, 0.1) is 5.92 Å². The number of piperidine rings is 1. The van der Waals surface area contributed by atoms with E-state index in [4.69, 9.17) is 10.5 Å². The maximum Gasteiger partial charge on any atom is 0.306 e. The standard InChI is InChI=1S/C26H33N3O3/c1-3-4-17-32-24(30)18-19-13-15-29(16-14-19)26(31)23-11-7-21(8-12-23)20-5-9-22(10-6-20)25(27)28-2/h5-12,19H,3-4,13-18H2,1-2H3,(H2,27,28). The fourth-order valence-electron chi connectivity index (χ4n) is 3.92. The molecular formula is C26H33N3O3. The molecule has 0 unspecified atom stereocenters. The summed E-state index contributed by atoms with van der Waals surface area (Å²) < 4.78 is 5.27. The van der Waals surface area contributed by atoms with Gasteiger partial charge in [0, 0.05) is 37.7 Å². The first kappa shape index (κ1) is 23.5. The molecule has 0 aliphatic carbocycles. The lowest BCUT2D eigenvalue weighted by Gasteiger charge is -2.31. The van der Waals surface area contributed by atoms with Crippen LogP contribution in [0.2, 0.25) is 0 Å². The van der Waals surface area contributed by atoms with Crippen LogP contribution in [-0.2, 0) is 9.53 Å². The number of nitrogens with two attached hydrogens (primary N) is 1. The van der Waals surface area contributed by atoms with Gasteiger partial charge in [-0.3, -0.25) is 14.6 Å². The number of aliphatic imine (C=N–C) groups is 1. The zero-order valence-electron chi connectivity index (χ0n) is 19.0. The van der Waals surface area contributed by atoms with E-state index >= 15 is 0 Å². The number of hydrogen-bond donors (Lipinski definition) is 1. The molecule has 0 atom stereocenters. The van der Waals surface area contributed by atoms with Crippen molar-refractivity contribution in [3.05, 3.63) is 59.7 Å². The number of likely N-dealkylation sites (tertiary alicyclic amines) is 1. The van der Waals surface area contributed by atoms with Gasteiger partial charge < -0.3 is 15.4 Å². The largest absolute Gasteiger partial charge is 0.466 e. The first-order chi connectivity index (χ1) is 15.5. The summed E-state index contributed by atoms with van der Waals surface area (Å²) in [7, 11) is 1.67. The SMILES string of the molecule is CCCCOC(=O)CC1CCN(C(=O)c2ccc(-c3ccc(C(N)=NC)cc3)cc2)CC1. The van der Waals surface area contributed by atoms with Gasteiger partial charge in [0.1, 0.15) is 5.84 Å². The second-order valence-corrected chi connectivity index (χ2v) is 8.28. The number of benzene rings is 2. The first-order valence-electron chi connectivity index (χ1n) is 11.4. The van der Waals surface area contributed by atoms with Crippen molar-refractivity contribution in [2.75, 3.05) is 26.7 Å². The number of carbonyl (C=O) groups excluding carboxylic acids is 2. The van der Waals surface area contributed by atoms with Gasteiger partial charge in [-0.1, -0.05) is 49.7 Å². The summed E-state index contributed by atoms with van der Waals surface area (Å²) >= 11 is 0. The summed E-state index contributed by atoms with van der Waals surface area (Å²) in [5.41, 5.74) is 9.52. The van der Waals surface area contributed by atoms with Crippen molar-refractivity contribution in [2.45, 2.75) is 39.0 Å². The minimum atomic E-state index is -0.114. The molecule has 2 aromatic carbocycles. The molecule has 6 nitrogen and oxygen atoms in total. The lowest BCUT2D eigenvalue weighted by Crippen LogP contribution is -2.39. The van der Waals surface area contributed by atoms with Crippen LogP contribution in [0.15, 0.2) is 53.5 Å². The molecule has 1 heterocycles. The predicted molar refractivity (Wildman–Crippen MR) is 128 cm³/mol. The summed E-state index contributed by atoms with van der Waals surface area (Å²) in [6, 6.07) is 15.6. The minimum Gasteiger partial charge on any atom is -0.466 e. The molecule has 1 fully saturated rings. The van der Waals surface area contributed by atoms with Crippen molar-refractivity contribution in [1.29, 1.82) is 0 Å². The molecule has 0 saturated carbocycles. The number of rotatable bonds is 8. The maximum atomic E-state index is 12.9. The highest BCUT2D eigenvalue weighted by Gasteiger charge is 2.25. The Labute approximate surface area is 190 Å². The third-order valence-corrected chi connectivity index (χ3v) is 6.00. The smallest absolute Gasteiger partial charge is 0.306 e. The van der Waals surface area contributed by atoms with E-state index in [1.807, 2.05) is 53.4 Å². The lowest BCUT2D eigenvalue weighted by molar-refractivity contribution is -0.145. The molecule has 0 spiro atoms. The van der Waals surface area contributed by atoms with Crippen molar-refractivity contribution in [2.24, 2.45) is 16.6 Å². The predicted octanol–water partition coefficient (Wildman–Crippen LogP) is 4.27. The number of amidine groups is 1. The second kappa shape index (κ2) is 11.5. The van der Waals surface area contributed by atoms with Crippen molar-refractivity contribution in [3.8, 4) is 11.1 Å². The molecule has 2 aromatic rings. The van der Waals surface area contributed by atoms with Crippen molar-refractivity contribution in [3.63, 3.8) is 0 Å². The van der Waals surface area contributed by atoms with Gasteiger partial charge in [-0.2, -0.15) is 0 Å². The van der Waals surface area contributed by atoms with E-state index in [2.05, 4.69) is 11.9 Å². The molecule has 1 aliphatic heterocycles. The number of carbonyl (C=O) groups is 2. The van der Waals surface area contributed by atoms with Crippen LogP contribution in [0.3, 0.4) is 0 Å². The summed E-state index contributed by atoms with van der Waals surface area (Å²) in [6.07, 6.45) is 4.05. The molecule has 3 rings (SSSR count). The van der Waals surface area contributed by atoms with E-state index in [1.165, 1.54) is 0 Å². The van der Waals surface area contributed by atoms with Gasteiger partial charge in [-0.15, -0.1) is 0 Å².